The summed E-state index contributed by atoms with van der Waals surface area (Å²) < 4.78 is 13.3. The van der Waals surface area contributed by atoms with Crippen molar-refractivity contribution in [1.82, 2.24) is 15.1 Å². The van der Waals surface area contributed by atoms with E-state index in [0.29, 0.717) is 37.3 Å². The number of hydrogen-bond acceptors (Lipinski definition) is 2. The van der Waals surface area contributed by atoms with Gasteiger partial charge in [0.25, 0.3) is 5.91 Å². The smallest absolute Gasteiger partial charge is 0.317 e. The first-order valence-corrected chi connectivity index (χ1v) is 7.49. The Morgan fingerprint density at radius 1 is 1.14 bits per heavy atom. The van der Waals surface area contributed by atoms with Gasteiger partial charge < -0.3 is 15.1 Å². The van der Waals surface area contributed by atoms with Crippen molar-refractivity contribution in [2.45, 2.75) is 26.8 Å². The number of piperazine rings is 1. The number of aryl methyl sites for hydroxylation is 1. The summed E-state index contributed by atoms with van der Waals surface area (Å²) in [5.41, 5.74) is 0.944. The number of hydrogen-bond donors (Lipinski definition) is 1. The number of benzene rings is 1. The SMILES string of the molecule is Cc1cc(C(=O)N2CCN(C(=O)NC(C)C)CC2)ccc1F. The predicted molar refractivity (Wildman–Crippen MR) is 82.3 cm³/mol. The summed E-state index contributed by atoms with van der Waals surface area (Å²) >= 11 is 0. The van der Waals surface area contributed by atoms with Crippen LogP contribution >= 0.6 is 0 Å². The minimum atomic E-state index is -0.313. The van der Waals surface area contributed by atoms with Gasteiger partial charge >= 0.3 is 6.03 Å². The van der Waals surface area contributed by atoms with Crippen LogP contribution in [0.15, 0.2) is 18.2 Å². The normalized spacial score (nSPS) is 15.1. The quantitative estimate of drug-likeness (QED) is 0.908. The van der Waals surface area contributed by atoms with E-state index in [9.17, 15) is 14.0 Å². The van der Waals surface area contributed by atoms with Crippen molar-refractivity contribution in [2.75, 3.05) is 26.2 Å². The topological polar surface area (TPSA) is 52.7 Å². The Morgan fingerprint density at radius 2 is 1.73 bits per heavy atom. The number of halogens is 1. The highest BCUT2D eigenvalue weighted by Crippen LogP contribution is 2.13. The van der Waals surface area contributed by atoms with Gasteiger partial charge in [-0.3, -0.25) is 4.79 Å². The van der Waals surface area contributed by atoms with Gasteiger partial charge in [0.1, 0.15) is 5.82 Å². The number of rotatable bonds is 2. The maximum Gasteiger partial charge on any atom is 0.317 e. The van der Waals surface area contributed by atoms with Crippen LogP contribution in [0.5, 0.6) is 0 Å². The predicted octanol–water partition coefficient (Wildman–Crippen LogP) is 2.01. The first-order chi connectivity index (χ1) is 10.4. The number of urea groups is 1. The Labute approximate surface area is 130 Å². The molecular weight excluding hydrogens is 285 g/mol. The largest absolute Gasteiger partial charge is 0.336 e. The van der Waals surface area contributed by atoms with E-state index in [4.69, 9.17) is 0 Å². The fraction of sp³-hybridized carbons (Fsp3) is 0.500. The third-order valence-corrected chi connectivity index (χ3v) is 3.67. The van der Waals surface area contributed by atoms with Crippen molar-refractivity contribution >= 4 is 11.9 Å². The molecule has 1 saturated heterocycles. The van der Waals surface area contributed by atoms with Gasteiger partial charge in [0.05, 0.1) is 0 Å². The zero-order valence-corrected chi connectivity index (χ0v) is 13.2. The standard InChI is InChI=1S/C16H22FN3O2/c1-11(2)18-16(22)20-8-6-19(7-9-20)15(21)13-4-5-14(17)12(3)10-13/h4-5,10-11H,6-9H2,1-3H3,(H,18,22). The number of nitrogens with one attached hydrogen (secondary N) is 1. The maximum atomic E-state index is 13.3. The average molecular weight is 307 g/mol. The number of nitrogens with zero attached hydrogens (tertiary/aromatic N) is 2. The van der Waals surface area contributed by atoms with E-state index in [1.807, 2.05) is 13.8 Å². The molecule has 0 spiro atoms. The molecule has 2 rings (SSSR count). The van der Waals surface area contributed by atoms with E-state index in [-0.39, 0.29) is 23.8 Å². The molecule has 1 aliphatic heterocycles. The van der Waals surface area contributed by atoms with Crippen molar-refractivity contribution < 1.29 is 14.0 Å². The Balaban J connectivity index is 1.95. The van der Waals surface area contributed by atoms with Crippen molar-refractivity contribution in [3.8, 4) is 0 Å². The summed E-state index contributed by atoms with van der Waals surface area (Å²) in [6.07, 6.45) is 0. The van der Waals surface area contributed by atoms with E-state index in [2.05, 4.69) is 5.32 Å². The molecule has 5 nitrogen and oxygen atoms in total. The molecular formula is C16H22FN3O2. The summed E-state index contributed by atoms with van der Waals surface area (Å²) in [4.78, 5) is 27.7. The molecule has 0 atom stereocenters. The second-order valence-corrected chi connectivity index (χ2v) is 5.85. The van der Waals surface area contributed by atoms with E-state index in [0.717, 1.165) is 0 Å². The number of amides is 3. The molecule has 0 aromatic heterocycles. The molecule has 3 amide bonds. The Kier molecular flexibility index (Phi) is 5.00. The highest BCUT2D eigenvalue weighted by atomic mass is 19.1. The summed E-state index contributed by atoms with van der Waals surface area (Å²) in [5, 5.41) is 2.84. The molecule has 1 fully saturated rings. The molecule has 0 bridgehead atoms. The number of carbonyl (C=O) groups is 2. The molecule has 1 heterocycles. The molecule has 1 aliphatic rings. The fourth-order valence-corrected chi connectivity index (χ4v) is 2.41. The van der Waals surface area contributed by atoms with Gasteiger partial charge in [-0.2, -0.15) is 0 Å². The zero-order valence-electron chi connectivity index (χ0n) is 13.2. The van der Waals surface area contributed by atoms with Crippen molar-refractivity contribution in [3.63, 3.8) is 0 Å². The van der Waals surface area contributed by atoms with E-state index >= 15 is 0 Å². The monoisotopic (exact) mass is 307 g/mol. The molecule has 0 unspecified atom stereocenters. The molecule has 1 aromatic carbocycles. The van der Waals surface area contributed by atoms with Crippen LogP contribution in [0.4, 0.5) is 9.18 Å². The van der Waals surface area contributed by atoms with Crippen molar-refractivity contribution in [2.24, 2.45) is 0 Å². The molecule has 0 radical (unpaired) electrons. The average Bonchev–Trinajstić information content (AvgIpc) is 2.49. The van der Waals surface area contributed by atoms with Crippen LogP contribution in [0, 0.1) is 12.7 Å². The van der Waals surface area contributed by atoms with Crippen molar-refractivity contribution in [1.29, 1.82) is 0 Å². The van der Waals surface area contributed by atoms with Crippen LogP contribution in [0.1, 0.15) is 29.8 Å². The minimum Gasteiger partial charge on any atom is -0.336 e. The lowest BCUT2D eigenvalue weighted by atomic mass is 10.1. The minimum absolute atomic E-state index is 0.0920. The molecule has 0 aliphatic carbocycles. The van der Waals surface area contributed by atoms with Crippen LogP contribution in [0.2, 0.25) is 0 Å². The second kappa shape index (κ2) is 6.77. The van der Waals surface area contributed by atoms with Crippen LogP contribution in [0.3, 0.4) is 0 Å². The van der Waals surface area contributed by atoms with Crippen LogP contribution in [-0.2, 0) is 0 Å². The highest BCUT2D eigenvalue weighted by molar-refractivity contribution is 5.94. The lowest BCUT2D eigenvalue weighted by Gasteiger charge is -2.35. The van der Waals surface area contributed by atoms with Crippen LogP contribution in [0.25, 0.3) is 0 Å². The van der Waals surface area contributed by atoms with E-state index < -0.39 is 0 Å². The lowest BCUT2D eigenvalue weighted by molar-refractivity contribution is 0.0664. The molecule has 0 saturated carbocycles. The summed E-state index contributed by atoms with van der Waals surface area (Å²) in [6, 6.07) is 4.38. The Bertz CT molecular complexity index is 567. The Morgan fingerprint density at radius 3 is 2.27 bits per heavy atom. The third kappa shape index (κ3) is 3.75. The number of carbonyl (C=O) groups excluding carboxylic acids is 2. The van der Waals surface area contributed by atoms with Gasteiger partial charge in [-0.1, -0.05) is 0 Å². The summed E-state index contributed by atoms with van der Waals surface area (Å²) in [5.74, 6) is -0.432. The van der Waals surface area contributed by atoms with E-state index in [1.54, 1.807) is 22.8 Å². The maximum absolute atomic E-state index is 13.3. The molecule has 22 heavy (non-hydrogen) atoms. The first kappa shape index (κ1) is 16.3. The van der Waals surface area contributed by atoms with Gasteiger partial charge in [-0.25, -0.2) is 9.18 Å². The summed E-state index contributed by atoms with van der Waals surface area (Å²) in [7, 11) is 0. The molecule has 120 valence electrons. The summed E-state index contributed by atoms with van der Waals surface area (Å²) in [6.45, 7) is 7.44. The molecule has 1 N–H and O–H groups in total. The van der Waals surface area contributed by atoms with Gasteiger partial charge in [0.15, 0.2) is 0 Å². The molecule has 6 heteroatoms. The van der Waals surface area contributed by atoms with E-state index in [1.165, 1.54) is 12.1 Å². The lowest BCUT2D eigenvalue weighted by Crippen LogP contribution is -2.54. The second-order valence-electron chi connectivity index (χ2n) is 5.85. The van der Waals surface area contributed by atoms with Gasteiger partial charge in [0, 0.05) is 37.8 Å². The van der Waals surface area contributed by atoms with Gasteiger partial charge in [0.2, 0.25) is 0 Å². The van der Waals surface area contributed by atoms with Gasteiger partial charge in [-0.05, 0) is 44.5 Å². The van der Waals surface area contributed by atoms with Gasteiger partial charge in [-0.15, -0.1) is 0 Å². The first-order valence-electron chi connectivity index (χ1n) is 7.49. The molecule has 1 aromatic rings. The Hall–Kier alpha value is -2.11. The van der Waals surface area contributed by atoms with Crippen LogP contribution < -0.4 is 5.32 Å². The zero-order chi connectivity index (χ0) is 16.3. The fourth-order valence-electron chi connectivity index (χ4n) is 2.41. The highest BCUT2D eigenvalue weighted by Gasteiger charge is 2.25. The van der Waals surface area contributed by atoms with Crippen LogP contribution in [-0.4, -0.2) is 54.0 Å². The van der Waals surface area contributed by atoms with Crippen molar-refractivity contribution in [3.05, 3.63) is 35.1 Å². The third-order valence-electron chi connectivity index (χ3n) is 3.67.